The molecule has 0 radical (unpaired) electrons. The maximum atomic E-state index is 12.9. The molecule has 0 atom stereocenters. The van der Waals surface area contributed by atoms with E-state index < -0.39 is 0 Å². The van der Waals surface area contributed by atoms with Crippen molar-refractivity contribution in [3.8, 4) is 22.5 Å². The van der Waals surface area contributed by atoms with Gasteiger partial charge >= 0.3 is 0 Å². The second-order valence-electron chi connectivity index (χ2n) is 7.26. The number of nitrogens with zero attached hydrogens (tertiary/aromatic N) is 3. The van der Waals surface area contributed by atoms with Crippen molar-refractivity contribution < 1.29 is 9.53 Å². The summed E-state index contributed by atoms with van der Waals surface area (Å²) in [7, 11) is 0. The van der Waals surface area contributed by atoms with Crippen LogP contribution in [0, 0.1) is 0 Å². The Labute approximate surface area is 175 Å². The van der Waals surface area contributed by atoms with Gasteiger partial charge in [0, 0.05) is 29.8 Å². The van der Waals surface area contributed by atoms with Crippen LogP contribution in [0.4, 0.5) is 0 Å². The lowest BCUT2D eigenvalue weighted by atomic mass is 10.0. The van der Waals surface area contributed by atoms with E-state index in [4.69, 9.17) is 14.7 Å². The van der Waals surface area contributed by atoms with Gasteiger partial charge in [-0.3, -0.25) is 4.79 Å². The Kier molecular flexibility index (Phi) is 4.95. The number of carbonyl (C=O) groups excluding carboxylic acids is 1. The molecule has 1 aromatic heterocycles. The number of morpholine rings is 1. The summed E-state index contributed by atoms with van der Waals surface area (Å²) in [4.78, 5) is 24.6. The number of carbonyl (C=O) groups is 1. The Morgan fingerprint density at radius 2 is 1.30 bits per heavy atom. The van der Waals surface area contributed by atoms with Crippen LogP contribution in [0.1, 0.15) is 10.4 Å². The van der Waals surface area contributed by atoms with Crippen molar-refractivity contribution in [1.82, 2.24) is 14.9 Å². The van der Waals surface area contributed by atoms with E-state index in [1.54, 1.807) is 0 Å². The predicted octanol–water partition coefficient (Wildman–Crippen LogP) is 4.44. The first kappa shape index (κ1) is 18.5. The van der Waals surface area contributed by atoms with E-state index in [2.05, 4.69) is 0 Å². The van der Waals surface area contributed by atoms with Crippen molar-refractivity contribution in [2.75, 3.05) is 26.3 Å². The lowest BCUT2D eigenvalue weighted by molar-refractivity contribution is 0.0303. The Balaban J connectivity index is 1.63. The highest BCUT2D eigenvalue weighted by molar-refractivity contribution is 5.98. The summed E-state index contributed by atoms with van der Waals surface area (Å²) in [6, 6.07) is 25.7. The molecule has 4 aromatic rings. The van der Waals surface area contributed by atoms with E-state index in [0.717, 1.165) is 28.0 Å². The van der Waals surface area contributed by atoms with Crippen LogP contribution >= 0.6 is 0 Å². The first-order valence-electron chi connectivity index (χ1n) is 10.1. The number of benzene rings is 3. The van der Waals surface area contributed by atoms with Crippen molar-refractivity contribution in [3.63, 3.8) is 0 Å². The van der Waals surface area contributed by atoms with Crippen molar-refractivity contribution >= 4 is 16.9 Å². The van der Waals surface area contributed by atoms with Crippen LogP contribution in [0.15, 0.2) is 78.9 Å². The van der Waals surface area contributed by atoms with E-state index in [1.807, 2.05) is 83.8 Å². The maximum Gasteiger partial charge on any atom is 0.254 e. The zero-order valence-corrected chi connectivity index (χ0v) is 16.5. The maximum absolute atomic E-state index is 12.9. The molecule has 0 unspecified atom stereocenters. The summed E-state index contributed by atoms with van der Waals surface area (Å²) in [5.41, 5.74) is 5.77. The smallest absolute Gasteiger partial charge is 0.254 e. The number of ether oxygens (including phenoxy) is 1. The summed E-state index contributed by atoms with van der Waals surface area (Å²) in [6.07, 6.45) is 0. The van der Waals surface area contributed by atoms with Gasteiger partial charge in [0.2, 0.25) is 0 Å². The molecular weight excluding hydrogens is 374 g/mol. The number of aromatic nitrogens is 2. The summed E-state index contributed by atoms with van der Waals surface area (Å²) >= 11 is 0. The SMILES string of the molecule is O=C(c1ccc2nc(-c3ccccc3)c(-c3ccccc3)nc2c1)N1CCOCC1. The first-order chi connectivity index (χ1) is 14.8. The minimum atomic E-state index is 0.00963. The van der Waals surface area contributed by atoms with Gasteiger partial charge in [-0.15, -0.1) is 0 Å². The molecular formula is C25H21N3O2. The number of hydrogen-bond acceptors (Lipinski definition) is 4. The monoisotopic (exact) mass is 395 g/mol. The molecule has 0 N–H and O–H groups in total. The van der Waals surface area contributed by atoms with Gasteiger partial charge < -0.3 is 9.64 Å². The molecule has 0 bridgehead atoms. The van der Waals surface area contributed by atoms with Crippen LogP contribution < -0.4 is 0 Å². The fourth-order valence-corrected chi connectivity index (χ4v) is 3.73. The van der Waals surface area contributed by atoms with Crippen LogP contribution in [-0.4, -0.2) is 47.1 Å². The van der Waals surface area contributed by atoms with Crippen molar-refractivity contribution in [1.29, 1.82) is 0 Å². The molecule has 0 aliphatic carbocycles. The Morgan fingerprint density at radius 3 is 1.90 bits per heavy atom. The molecule has 5 heteroatoms. The number of amides is 1. The standard InChI is InChI=1S/C25H21N3O2/c29-25(28-13-15-30-16-14-28)20-11-12-21-22(17-20)27-24(19-9-5-2-6-10-19)23(26-21)18-7-3-1-4-8-18/h1-12,17H,13-16H2. The van der Waals surface area contributed by atoms with Gasteiger partial charge in [-0.2, -0.15) is 0 Å². The van der Waals surface area contributed by atoms with E-state index >= 15 is 0 Å². The Hall–Kier alpha value is -3.57. The van der Waals surface area contributed by atoms with Gasteiger partial charge in [0.05, 0.1) is 35.6 Å². The minimum Gasteiger partial charge on any atom is -0.378 e. The average Bonchev–Trinajstić information content (AvgIpc) is 2.84. The molecule has 1 aliphatic heterocycles. The van der Waals surface area contributed by atoms with Crippen LogP contribution in [0.3, 0.4) is 0 Å². The summed E-state index contributed by atoms with van der Waals surface area (Å²) in [6.45, 7) is 2.39. The quantitative estimate of drug-likeness (QED) is 0.515. The molecule has 0 spiro atoms. The van der Waals surface area contributed by atoms with Crippen LogP contribution in [0.5, 0.6) is 0 Å². The number of hydrogen-bond donors (Lipinski definition) is 0. The molecule has 1 saturated heterocycles. The zero-order chi connectivity index (χ0) is 20.3. The van der Waals surface area contributed by atoms with Crippen molar-refractivity contribution in [3.05, 3.63) is 84.4 Å². The van der Waals surface area contributed by atoms with Gasteiger partial charge in [0.25, 0.3) is 5.91 Å². The molecule has 1 fully saturated rings. The molecule has 30 heavy (non-hydrogen) atoms. The Morgan fingerprint density at radius 1 is 0.733 bits per heavy atom. The van der Waals surface area contributed by atoms with Crippen LogP contribution in [0.25, 0.3) is 33.5 Å². The highest BCUT2D eigenvalue weighted by atomic mass is 16.5. The summed E-state index contributed by atoms with van der Waals surface area (Å²) in [5, 5.41) is 0. The van der Waals surface area contributed by atoms with Crippen molar-refractivity contribution in [2.24, 2.45) is 0 Å². The predicted molar refractivity (Wildman–Crippen MR) is 117 cm³/mol. The third-order valence-electron chi connectivity index (χ3n) is 5.30. The normalized spacial score (nSPS) is 14.1. The summed E-state index contributed by atoms with van der Waals surface area (Å²) in [5.74, 6) is 0.00963. The largest absolute Gasteiger partial charge is 0.378 e. The van der Waals surface area contributed by atoms with Gasteiger partial charge in [-0.25, -0.2) is 9.97 Å². The van der Waals surface area contributed by atoms with Gasteiger partial charge in [-0.1, -0.05) is 60.7 Å². The fourth-order valence-electron chi connectivity index (χ4n) is 3.73. The van der Waals surface area contributed by atoms with Crippen LogP contribution in [0.2, 0.25) is 0 Å². The average molecular weight is 395 g/mol. The molecule has 5 rings (SSSR count). The molecule has 1 amide bonds. The van der Waals surface area contributed by atoms with Gasteiger partial charge in [-0.05, 0) is 18.2 Å². The highest BCUT2D eigenvalue weighted by Crippen LogP contribution is 2.31. The fraction of sp³-hybridized carbons (Fsp3) is 0.160. The lowest BCUT2D eigenvalue weighted by Gasteiger charge is -2.26. The van der Waals surface area contributed by atoms with E-state index in [-0.39, 0.29) is 5.91 Å². The molecule has 0 saturated carbocycles. The molecule has 2 heterocycles. The van der Waals surface area contributed by atoms with E-state index in [9.17, 15) is 4.79 Å². The van der Waals surface area contributed by atoms with E-state index in [1.165, 1.54) is 0 Å². The molecule has 1 aliphatic rings. The zero-order valence-electron chi connectivity index (χ0n) is 16.5. The number of rotatable bonds is 3. The minimum absolute atomic E-state index is 0.00963. The third-order valence-corrected chi connectivity index (χ3v) is 5.30. The lowest BCUT2D eigenvalue weighted by Crippen LogP contribution is -2.40. The molecule has 5 nitrogen and oxygen atoms in total. The van der Waals surface area contributed by atoms with Gasteiger partial charge in [0.15, 0.2) is 0 Å². The third kappa shape index (κ3) is 3.55. The molecule has 148 valence electrons. The van der Waals surface area contributed by atoms with Crippen molar-refractivity contribution in [2.45, 2.75) is 0 Å². The van der Waals surface area contributed by atoms with Gasteiger partial charge in [0.1, 0.15) is 0 Å². The summed E-state index contributed by atoms with van der Waals surface area (Å²) < 4.78 is 5.36. The van der Waals surface area contributed by atoms with Crippen LogP contribution in [-0.2, 0) is 4.74 Å². The van der Waals surface area contributed by atoms with E-state index in [0.29, 0.717) is 37.4 Å². The first-order valence-corrected chi connectivity index (χ1v) is 10.1. The second-order valence-corrected chi connectivity index (χ2v) is 7.26. The molecule has 3 aromatic carbocycles. The second kappa shape index (κ2) is 8.05. The number of fused-ring (bicyclic) bond motifs is 1. The Bertz CT molecular complexity index is 1190. The topological polar surface area (TPSA) is 55.3 Å². The highest BCUT2D eigenvalue weighted by Gasteiger charge is 2.20.